The number of rotatable bonds is 3. The minimum Gasteiger partial charge on any atom is -0.456 e. The maximum Gasteiger partial charge on any atom is 0.340 e. The van der Waals surface area contributed by atoms with E-state index < -0.39 is 5.60 Å². The molecule has 0 amide bonds. The topological polar surface area (TPSA) is 61.5 Å². The largest absolute Gasteiger partial charge is 0.456 e. The smallest absolute Gasteiger partial charge is 0.340 e. The second-order valence-electron chi connectivity index (χ2n) is 8.70. The van der Waals surface area contributed by atoms with E-state index in [4.69, 9.17) is 15.2 Å². The average Bonchev–Trinajstić information content (AvgIpc) is 3.11. The highest BCUT2D eigenvalue weighted by molar-refractivity contribution is 5.97. The van der Waals surface area contributed by atoms with Gasteiger partial charge in [-0.15, -0.1) is 0 Å². The number of aryl methyl sites for hydroxylation is 3. The van der Waals surface area contributed by atoms with E-state index in [2.05, 4.69) is 43.3 Å². The first-order valence-electron chi connectivity index (χ1n) is 11.2. The van der Waals surface area contributed by atoms with Crippen LogP contribution in [-0.4, -0.2) is 5.97 Å². The standard InChI is InChI=1S/C29H23NO3/c1-18-16-26-23(17-20(18)15-14-19-8-3-2-4-9-19)29(27-24(30)12-7-13-25(27)32-26)22-11-6-5-10-21(22)28(31)33-29/h2-13,16-17H,14-15,30H2,1H3. The van der Waals surface area contributed by atoms with Crippen LogP contribution in [0.3, 0.4) is 0 Å². The van der Waals surface area contributed by atoms with Crippen molar-refractivity contribution in [2.45, 2.75) is 25.4 Å². The first-order valence-corrected chi connectivity index (χ1v) is 11.2. The fraction of sp³-hybridized carbons (Fsp3) is 0.138. The zero-order valence-electron chi connectivity index (χ0n) is 18.3. The van der Waals surface area contributed by atoms with Gasteiger partial charge in [-0.05, 0) is 66.8 Å². The van der Waals surface area contributed by atoms with Crippen molar-refractivity contribution in [2.75, 3.05) is 5.73 Å². The van der Waals surface area contributed by atoms with E-state index in [1.165, 1.54) is 11.1 Å². The number of hydrogen-bond donors (Lipinski definition) is 1. The third kappa shape index (κ3) is 2.87. The lowest BCUT2D eigenvalue weighted by molar-refractivity contribution is 0.0226. The van der Waals surface area contributed by atoms with Gasteiger partial charge in [-0.1, -0.05) is 54.6 Å². The highest BCUT2D eigenvalue weighted by Crippen LogP contribution is 2.58. The molecule has 162 valence electrons. The second-order valence-corrected chi connectivity index (χ2v) is 8.70. The van der Waals surface area contributed by atoms with Crippen molar-refractivity contribution in [1.82, 2.24) is 0 Å². The molecule has 0 aliphatic carbocycles. The summed E-state index contributed by atoms with van der Waals surface area (Å²) in [5.41, 5.74) is 12.4. The Kier molecular flexibility index (Phi) is 4.31. The maximum atomic E-state index is 13.0. The number of carbonyl (C=O) groups is 1. The zero-order valence-corrected chi connectivity index (χ0v) is 18.3. The SMILES string of the molecule is Cc1cc2c(cc1CCc1ccccc1)C1(OC(=O)c3ccccc31)c1c(N)cccc1O2. The minimum absolute atomic E-state index is 0.348. The molecule has 2 aliphatic rings. The highest BCUT2D eigenvalue weighted by Gasteiger charge is 2.54. The molecule has 4 aromatic rings. The summed E-state index contributed by atoms with van der Waals surface area (Å²) >= 11 is 0. The predicted octanol–water partition coefficient (Wildman–Crippen LogP) is 5.93. The van der Waals surface area contributed by atoms with Crippen molar-refractivity contribution >= 4 is 11.7 Å². The number of fused-ring (bicyclic) bond motifs is 6. The molecule has 1 atom stereocenters. The van der Waals surface area contributed by atoms with Crippen molar-refractivity contribution in [3.8, 4) is 11.5 Å². The Balaban J connectivity index is 1.56. The van der Waals surface area contributed by atoms with Gasteiger partial charge in [0.1, 0.15) is 11.5 Å². The number of carbonyl (C=O) groups excluding carboxylic acids is 1. The lowest BCUT2D eigenvalue weighted by Crippen LogP contribution is -2.34. The summed E-state index contributed by atoms with van der Waals surface area (Å²) in [6, 6.07) is 27.7. The van der Waals surface area contributed by atoms with Crippen LogP contribution in [0.2, 0.25) is 0 Å². The third-order valence-electron chi connectivity index (χ3n) is 6.75. The van der Waals surface area contributed by atoms with Crippen LogP contribution >= 0.6 is 0 Å². The number of nitrogens with two attached hydrogens (primary N) is 1. The van der Waals surface area contributed by atoms with Crippen molar-refractivity contribution < 1.29 is 14.3 Å². The highest BCUT2D eigenvalue weighted by atomic mass is 16.6. The van der Waals surface area contributed by atoms with Crippen LogP contribution in [0.25, 0.3) is 0 Å². The molecular weight excluding hydrogens is 410 g/mol. The Morgan fingerprint density at radius 1 is 0.818 bits per heavy atom. The van der Waals surface area contributed by atoms with E-state index in [0.29, 0.717) is 28.3 Å². The number of esters is 1. The molecule has 2 heterocycles. The van der Waals surface area contributed by atoms with E-state index in [0.717, 1.165) is 29.5 Å². The van der Waals surface area contributed by atoms with Gasteiger partial charge in [0.2, 0.25) is 0 Å². The zero-order chi connectivity index (χ0) is 22.6. The Morgan fingerprint density at radius 3 is 2.45 bits per heavy atom. The molecule has 0 bridgehead atoms. The van der Waals surface area contributed by atoms with Gasteiger partial charge in [-0.2, -0.15) is 0 Å². The number of anilines is 1. The summed E-state index contributed by atoms with van der Waals surface area (Å²) in [4.78, 5) is 13.0. The molecule has 4 aromatic carbocycles. The number of ether oxygens (including phenoxy) is 2. The van der Waals surface area contributed by atoms with E-state index in [1.807, 2.05) is 48.5 Å². The summed E-state index contributed by atoms with van der Waals surface area (Å²) in [5.74, 6) is 0.959. The molecule has 0 aromatic heterocycles. The molecule has 2 N–H and O–H groups in total. The summed E-state index contributed by atoms with van der Waals surface area (Å²) in [6.45, 7) is 2.10. The van der Waals surface area contributed by atoms with Crippen molar-refractivity contribution in [2.24, 2.45) is 0 Å². The van der Waals surface area contributed by atoms with Gasteiger partial charge in [0.25, 0.3) is 0 Å². The molecule has 0 fully saturated rings. The Hall–Kier alpha value is -4.05. The van der Waals surface area contributed by atoms with Crippen LogP contribution in [0.1, 0.15) is 43.7 Å². The van der Waals surface area contributed by atoms with Crippen LogP contribution < -0.4 is 10.5 Å². The van der Waals surface area contributed by atoms with Crippen LogP contribution in [0.15, 0.2) is 84.9 Å². The molecule has 4 heteroatoms. The molecule has 33 heavy (non-hydrogen) atoms. The van der Waals surface area contributed by atoms with Gasteiger partial charge in [0, 0.05) is 16.8 Å². The summed E-state index contributed by atoms with van der Waals surface area (Å²) in [6.07, 6.45) is 1.79. The molecule has 1 spiro atoms. The van der Waals surface area contributed by atoms with Gasteiger partial charge in [0.05, 0.1) is 11.1 Å². The number of hydrogen-bond acceptors (Lipinski definition) is 4. The van der Waals surface area contributed by atoms with Crippen LogP contribution in [0.5, 0.6) is 11.5 Å². The summed E-state index contributed by atoms with van der Waals surface area (Å²) in [5, 5.41) is 0. The molecule has 4 nitrogen and oxygen atoms in total. The first kappa shape index (κ1) is 19.6. The van der Waals surface area contributed by atoms with Gasteiger partial charge in [-0.25, -0.2) is 4.79 Å². The molecular formula is C29H23NO3. The fourth-order valence-electron chi connectivity index (χ4n) is 5.14. The Bertz CT molecular complexity index is 1410. The van der Waals surface area contributed by atoms with Crippen LogP contribution in [0, 0.1) is 6.92 Å². The summed E-state index contributed by atoms with van der Waals surface area (Å²) in [7, 11) is 0. The monoisotopic (exact) mass is 433 g/mol. The molecule has 6 rings (SSSR count). The van der Waals surface area contributed by atoms with Gasteiger partial charge >= 0.3 is 5.97 Å². The van der Waals surface area contributed by atoms with E-state index in [-0.39, 0.29) is 5.97 Å². The minimum atomic E-state index is -1.13. The Morgan fingerprint density at radius 2 is 1.61 bits per heavy atom. The summed E-state index contributed by atoms with van der Waals surface area (Å²) < 4.78 is 12.6. The predicted molar refractivity (Wildman–Crippen MR) is 128 cm³/mol. The lowest BCUT2D eigenvalue weighted by Gasteiger charge is -2.37. The van der Waals surface area contributed by atoms with Gasteiger partial charge < -0.3 is 15.2 Å². The number of nitrogen functional groups attached to an aromatic ring is 1. The van der Waals surface area contributed by atoms with E-state index >= 15 is 0 Å². The van der Waals surface area contributed by atoms with Crippen molar-refractivity contribution in [3.05, 3.63) is 124 Å². The third-order valence-corrected chi connectivity index (χ3v) is 6.75. The molecule has 0 saturated heterocycles. The normalized spacial score (nSPS) is 17.7. The molecule has 0 saturated carbocycles. The molecule has 2 aliphatic heterocycles. The van der Waals surface area contributed by atoms with Crippen molar-refractivity contribution in [1.29, 1.82) is 0 Å². The lowest BCUT2D eigenvalue weighted by atomic mass is 9.76. The second kappa shape index (κ2) is 7.24. The van der Waals surface area contributed by atoms with E-state index in [1.54, 1.807) is 0 Å². The number of benzene rings is 4. The Labute approximate surface area is 192 Å². The molecule has 0 radical (unpaired) electrons. The van der Waals surface area contributed by atoms with Crippen molar-refractivity contribution in [3.63, 3.8) is 0 Å². The average molecular weight is 434 g/mol. The van der Waals surface area contributed by atoms with Gasteiger partial charge in [-0.3, -0.25) is 0 Å². The fourth-order valence-corrected chi connectivity index (χ4v) is 5.14. The first-order chi connectivity index (χ1) is 16.1. The quantitative estimate of drug-likeness (QED) is 0.321. The van der Waals surface area contributed by atoms with Gasteiger partial charge in [0.15, 0.2) is 5.60 Å². The maximum absolute atomic E-state index is 13.0. The molecule has 1 unspecified atom stereocenters. The van der Waals surface area contributed by atoms with Crippen LogP contribution in [-0.2, 0) is 23.2 Å². The van der Waals surface area contributed by atoms with Crippen LogP contribution in [0.4, 0.5) is 5.69 Å². The van der Waals surface area contributed by atoms with E-state index in [9.17, 15) is 4.79 Å².